The molecule has 2 N–H and O–H groups in total. The Morgan fingerprint density at radius 3 is 2.83 bits per heavy atom. The van der Waals surface area contributed by atoms with E-state index < -0.39 is 0 Å². The van der Waals surface area contributed by atoms with Gasteiger partial charge in [0.15, 0.2) is 0 Å². The lowest BCUT2D eigenvalue weighted by Gasteiger charge is -2.27. The number of aromatic nitrogens is 2. The Balaban J connectivity index is 1.76. The lowest BCUT2D eigenvalue weighted by atomic mass is 10.2. The van der Waals surface area contributed by atoms with E-state index in [1.54, 1.807) is 12.1 Å². The van der Waals surface area contributed by atoms with Gasteiger partial charge in [0.05, 0.1) is 17.9 Å². The van der Waals surface area contributed by atoms with Crippen LogP contribution in [-0.2, 0) is 0 Å². The molecule has 2 heterocycles. The summed E-state index contributed by atoms with van der Waals surface area (Å²) in [6, 6.07) is 3.56. The van der Waals surface area contributed by atoms with Crippen LogP contribution >= 0.6 is 0 Å². The van der Waals surface area contributed by atoms with Gasteiger partial charge >= 0.3 is 0 Å². The van der Waals surface area contributed by atoms with Gasteiger partial charge in [0, 0.05) is 44.9 Å². The fourth-order valence-electron chi connectivity index (χ4n) is 2.80. The molecule has 1 saturated heterocycles. The molecule has 0 saturated carbocycles. The molecule has 1 aromatic carbocycles. The number of hydrogen-bond donors (Lipinski definition) is 2. The van der Waals surface area contributed by atoms with E-state index >= 15 is 0 Å². The van der Waals surface area contributed by atoms with Crippen molar-refractivity contribution in [2.24, 2.45) is 0 Å². The fourth-order valence-corrected chi connectivity index (χ4v) is 2.80. The maximum Gasteiger partial charge on any atom is 0.262 e. The first-order valence-electron chi connectivity index (χ1n) is 8.37. The number of rotatable bonds is 6. The SMILES string of the molecule is CC(C)Oc1cc(OCCN2CCNCC2)cc2nc[nH]c(=O)c12. The quantitative estimate of drug-likeness (QED) is 0.821. The summed E-state index contributed by atoms with van der Waals surface area (Å²) in [4.78, 5) is 21.3. The number of benzene rings is 1. The second-order valence-electron chi connectivity index (χ2n) is 6.15. The summed E-state index contributed by atoms with van der Waals surface area (Å²) in [6.07, 6.45) is 1.36. The normalized spacial score (nSPS) is 15.8. The zero-order valence-electron chi connectivity index (χ0n) is 14.2. The monoisotopic (exact) mass is 332 g/mol. The van der Waals surface area contributed by atoms with E-state index in [2.05, 4.69) is 20.2 Å². The Morgan fingerprint density at radius 1 is 1.29 bits per heavy atom. The molecule has 0 amide bonds. The smallest absolute Gasteiger partial charge is 0.262 e. The molecule has 24 heavy (non-hydrogen) atoms. The van der Waals surface area contributed by atoms with Gasteiger partial charge in [-0.2, -0.15) is 0 Å². The summed E-state index contributed by atoms with van der Waals surface area (Å²) in [7, 11) is 0. The van der Waals surface area contributed by atoms with Crippen LogP contribution in [0.1, 0.15) is 13.8 Å². The minimum Gasteiger partial charge on any atom is -0.492 e. The van der Waals surface area contributed by atoms with Gasteiger partial charge in [-0.15, -0.1) is 0 Å². The van der Waals surface area contributed by atoms with Crippen molar-refractivity contribution in [2.45, 2.75) is 20.0 Å². The molecule has 0 aliphatic carbocycles. The van der Waals surface area contributed by atoms with Crippen LogP contribution in [0.25, 0.3) is 10.9 Å². The second-order valence-corrected chi connectivity index (χ2v) is 6.15. The van der Waals surface area contributed by atoms with Gasteiger partial charge in [-0.3, -0.25) is 9.69 Å². The van der Waals surface area contributed by atoms with Gasteiger partial charge in [0.25, 0.3) is 5.56 Å². The van der Waals surface area contributed by atoms with E-state index in [0.717, 1.165) is 32.7 Å². The Hall–Kier alpha value is -2.12. The maximum absolute atomic E-state index is 12.1. The Kier molecular flexibility index (Phi) is 5.32. The Labute approximate surface area is 141 Å². The van der Waals surface area contributed by atoms with Gasteiger partial charge in [-0.05, 0) is 13.8 Å². The fraction of sp³-hybridized carbons (Fsp3) is 0.529. The highest BCUT2D eigenvalue weighted by Gasteiger charge is 2.13. The molecule has 7 nitrogen and oxygen atoms in total. The average Bonchev–Trinajstić information content (AvgIpc) is 2.55. The summed E-state index contributed by atoms with van der Waals surface area (Å²) in [5, 5.41) is 3.79. The lowest BCUT2D eigenvalue weighted by Crippen LogP contribution is -2.44. The minimum atomic E-state index is -0.206. The Morgan fingerprint density at radius 2 is 2.08 bits per heavy atom. The van der Waals surface area contributed by atoms with Crippen LogP contribution in [0.15, 0.2) is 23.3 Å². The van der Waals surface area contributed by atoms with Crippen molar-refractivity contribution < 1.29 is 9.47 Å². The van der Waals surface area contributed by atoms with E-state index in [0.29, 0.717) is 29.0 Å². The first kappa shape index (κ1) is 16.7. The Bertz CT molecular complexity index is 738. The van der Waals surface area contributed by atoms with E-state index in [1.807, 2.05) is 13.8 Å². The van der Waals surface area contributed by atoms with Crippen LogP contribution in [-0.4, -0.2) is 60.3 Å². The minimum absolute atomic E-state index is 0.0380. The molecule has 0 unspecified atom stereocenters. The van der Waals surface area contributed by atoms with Crippen molar-refractivity contribution in [3.63, 3.8) is 0 Å². The largest absolute Gasteiger partial charge is 0.492 e. The van der Waals surface area contributed by atoms with Crippen LogP contribution in [0.4, 0.5) is 0 Å². The molecule has 1 aliphatic rings. The topological polar surface area (TPSA) is 79.5 Å². The third kappa shape index (κ3) is 4.04. The van der Waals surface area contributed by atoms with Crippen LogP contribution in [0.3, 0.4) is 0 Å². The highest BCUT2D eigenvalue weighted by molar-refractivity contribution is 5.85. The van der Waals surface area contributed by atoms with Crippen molar-refractivity contribution in [2.75, 3.05) is 39.3 Å². The number of nitrogens with zero attached hydrogens (tertiary/aromatic N) is 2. The molecule has 0 radical (unpaired) electrons. The van der Waals surface area contributed by atoms with Gasteiger partial charge in [0.2, 0.25) is 0 Å². The molecule has 0 bridgehead atoms. The van der Waals surface area contributed by atoms with Crippen LogP contribution in [0.5, 0.6) is 11.5 Å². The van der Waals surface area contributed by atoms with Crippen molar-refractivity contribution in [1.82, 2.24) is 20.2 Å². The molecule has 2 aromatic rings. The molecule has 0 spiro atoms. The first-order valence-corrected chi connectivity index (χ1v) is 8.37. The standard InChI is InChI=1S/C17H24N4O3/c1-12(2)24-15-10-13(9-14-16(15)17(22)20-11-19-14)23-8-7-21-5-3-18-4-6-21/h9-12,18H,3-8H2,1-2H3,(H,19,20,22). The molecule has 1 aromatic heterocycles. The molecule has 1 aliphatic heterocycles. The zero-order valence-corrected chi connectivity index (χ0v) is 14.2. The second kappa shape index (κ2) is 7.63. The van der Waals surface area contributed by atoms with E-state index in [9.17, 15) is 4.79 Å². The van der Waals surface area contributed by atoms with Crippen molar-refractivity contribution >= 4 is 10.9 Å². The number of ether oxygens (including phenoxy) is 2. The average molecular weight is 332 g/mol. The predicted octanol–water partition coefficient (Wildman–Crippen LogP) is 0.994. The highest BCUT2D eigenvalue weighted by atomic mass is 16.5. The van der Waals surface area contributed by atoms with Gasteiger partial charge in [-0.1, -0.05) is 0 Å². The summed E-state index contributed by atoms with van der Waals surface area (Å²) in [5.41, 5.74) is 0.372. The highest BCUT2D eigenvalue weighted by Crippen LogP contribution is 2.28. The van der Waals surface area contributed by atoms with Crippen molar-refractivity contribution in [1.29, 1.82) is 0 Å². The molecule has 7 heteroatoms. The number of H-pyrrole nitrogens is 1. The molecule has 1 fully saturated rings. The number of fused-ring (bicyclic) bond motifs is 1. The number of piperazine rings is 1. The number of hydrogen-bond acceptors (Lipinski definition) is 6. The van der Waals surface area contributed by atoms with Crippen molar-refractivity contribution in [3.05, 3.63) is 28.8 Å². The van der Waals surface area contributed by atoms with E-state index in [4.69, 9.17) is 9.47 Å². The third-order valence-electron chi connectivity index (χ3n) is 3.93. The van der Waals surface area contributed by atoms with E-state index in [-0.39, 0.29) is 11.7 Å². The summed E-state index contributed by atoms with van der Waals surface area (Å²) < 4.78 is 11.7. The molecule has 130 valence electrons. The molecular weight excluding hydrogens is 308 g/mol. The van der Waals surface area contributed by atoms with Crippen LogP contribution < -0.4 is 20.3 Å². The summed E-state index contributed by atoms with van der Waals surface area (Å²) >= 11 is 0. The first-order chi connectivity index (χ1) is 11.6. The van der Waals surface area contributed by atoms with E-state index in [1.165, 1.54) is 6.33 Å². The van der Waals surface area contributed by atoms with Gasteiger partial charge in [-0.25, -0.2) is 4.98 Å². The lowest BCUT2D eigenvalue weighted by molar-refractivity contribution is 0.190. The third-order valence-corrected chi connectivity index (χ3v) is 3.93. The van der Waals surface area contributed by atoms with Crippen LogP contribution in [0.2, 0.25) is 0 Å². The van der Waals surface area contributed by atoms with Crippen molar-refractivity contribution in [3.8, 4) is 11.5 Å². The summed E-state index contributed by atoms with van der Waals surface area (Å²) in [5.74, 6) is 1.18. The van der Waals surface area contributed by atoms with Gasteiger partial charge in [0.1, 0.15) is 23.5 Å². The van der Waals surface area contributed by atoms with Crippen LogP contribution in [0, 0.1) is 0 Å². The predicted molar refractivity (Wildman–Crippen MR) is 92.9 cm³/mol. The number of nitrogens with one attached hydrogen (secondary N) is 2. The molecule has 3 rings (SSSR count). The zero-order chi connectivity index (χ0) is 16.9. The molecular formula is C17H24N4O3. The summed E-state index contributed by atoms with van der Waals surface area (Å²) in [6.45, 7) is 9.45. The molecule has 0 atom stereocenters. The maximum atomic E-state index is 12.1. The number of aromatic amines is 1. The van der Waals surface area contributed by atoms with Gasteiger partial charge < -0.3 is 19.8 Å².